The van der Waals surface area contributed by atoms with Gasteiger partial charge in [-0.15, -0.1) is 0 Å². The van der Waals surface area contributed by atoms with Gasteiger partial charge in [0, 0.05) is 41.5 Å². The van der Waals surface area contributed by atoms with Crippen LogP contribution in [-0.4, -0.2) is 91.7 Å². The van der Waals surface area contributed by atoms with Crippen molar-refractivity contribution < 1.29 is 66.7 Å². The lowest BCUT2D eigenvalue weighted by molar-refractivity contribution is -0.304. The lowest BCUT2D eigenvalue weighted by Gasteiger charge is -2.48. The molecule has 1 unspecified atom stereocenters. The minimum absolute atomic E-state index is 0.630. The fraction of sp³-hybridized carbons (Fsp3) is 0.682. The number of carbonyl (C=O) groups excluding carboxylic acids is 7. The fourth-order valence-electron chi connectivity index (χ4n) is 3.74. The summed E-state index contributed by atoms with van der Waals surface area (Å²) in [7, 11) is 0.971. The third kappa shape index (κ3) is 9.33. The van der Waals surface area contributed by atoms with E-state index in [-0.39, 0.29) is 0 Å². The van der Waals surface area contributed by atoms with E-state index in [2.05, 4.69) is 5.32 Å². The largest absolute Gasteiger partial charge is 0.464 e. The van der Waals surface area contributed by atoms with Crippen LogP contribution >= 0.6 is 0 Å². The van der Waals surface area contributed by atoms with Crippen LogP contribution in [0.1, 0.15) is 48.0 Å². The Morgan fingerprint density at radius 1 is 0.865 bits per heavy atom. The lowest BCUT2D eigenvalue weighted by Crippen LogP contribution is -2.69. The molecule has 0 aliphatic carbocycles. The van der Waals surface area contributed by atoms with E-state index in [0.29, 0.717) is 0 Å². The first kappa shape index (κ1) is 31.3. The number of nitrogens with one attached hydrogen (secondary N) is 1. The summed E-state index contributed by atoms with van der Waals surface area (Å²) in [6.07, 6.45) is -6.98. The van der Waals surface area contributed by atoms with E-state index < -0.39 is 91.0 Å². The highest BCUT2D eigenvalue weighted by molar-refractivity contribution is 5.82. The van der Waals surface area contributed by atoms with Gasteiger partial charge in [-0.1, -0.05) is 0 Å². The summed E-state index contributed by atoms with van der Waals surface area (Å²) in [4.78, 5) is 84.1. The monoisotopic (exact) mass is 533 g/mol. The molecule has 1 aliphatic rings. The smallest absolute Gasteiger partial charge is 0.379 e. The maximum atomic E-state index is 12.8. The Balaban J connectivity index is 3.83. The van der Waals surface area contributed by atoms with Crippen LogP contribution in [0.15, 0.2) is 0 Å². The highest BCUT2D eigenvalue weighted by atomic mass is 16.8. The van der Waals surface area contributed by atoms with Gasteiger partial charge >= 0.3 is 41.6 Å². The van der Waals surface area contributed by atoms with Crippen LogP contribution < -0.4 is 5.32 Å². The van der Waals surface area contributed by atoms with Crippen molar-refractivity contribution in [3.63, 3.8) is 0 Å². The average molecular weight is 533 g/mol. The first-order chi connectivity index (χ1) is 17.1. The van der Waals surface area contributed by atoms with E-state index in [9.17, 15) is 33.6 Å². The van der Waals surface area contributed by atoms with Crippen molar-refractivity contribution in [1.29, 1.82) is 0 Å². The van der Waals surface area contributed by atoms with Gasteiger partial charge in [0.1, 0.15) is 18.8 Å². The molecule has 0 spiro atoms. The molecule has 0 radical (unpaired) electrons. The third-order valence-corrected chi connectivity index (χ3v) is 4.80. The standard InChI is InChI=1S/C22H31NO14/c1-10(24)23-18-16(33-12(3)26)8-22(21(30)31-7,36-15(6)29)37-20(18)19(35-14(5)28)17(34-13(4)27)9-32-11(2)25/h16-20H,8-9H2,1-7H3,(H,23,24)/t16-,17+,18-,19+,20+,22?/m0/s1. The van der Waals surface area contributed by atoms with Gasteiger partial charge in [0.25, 0.3) is 0 Å². The van der Waals surface area contributed by atoms with Crippen molar-refractivity contribution in [2.75, 3.05) is 13.7 Å². The number of amides is 1. The van der Waals surface area contributed by atoms with E-state index in [1.165, 1.54) is 0 Å². The molecule has 1 aliphatic heterocycles. The van der Waals surface area contributed by atoms with Gasteiger partial charge in [-0.05, 0) is 0 Å². The van der Waals surface area contributed by atoms with Gasteiger partial charge in [0.05, 0.1) is 19.6 Å². The zero-order valence-electron chi connectivity index (χ0n) is 21.5. The predicted molar refractivity (Wildman–Crippen MR) is 117 cm³/mol. The van der Waals surface area contributed by atoms with E-state index in [0.717, 1.165) is 48.7 Å². The first-order valence-electron chi connectivity index (χ1n) is 11.0. The molecule has 1 saturated heterocycles. The molecule has 0 aromatic rings. The number of hydrogen-bond donors (Lipinski definition) is 1. The molecule has 15 heteroatoms. The summed E-state index contributed by atoms with van der Waals surface area (Å²) in [5.41, 5.74) is 0. The summed E-state index contributed by atoms with van der Waals surface area (Å²) in [5, 5.41) is 2.49. The highest BCUT2D eigenvalue weighted by Gasteiger charge is 2.60. The van der Waals surface area contributed by atoms with Gasteiger partial charge < -0.3 is 38.5 Å². The highest BCUT2D eigenvalue weighted by Crippen LogP contribution is 2.37. The zero-order valence-corrected chi connectivity index (χ0v) is 21.5. The van der Waals surface area contributed by atoms with Crippen LogP contribution in [0.5, 0.6) is 0 Å². The normalized spacial score (nSPS) is 24.4. The molecule has 1 rings (SSSR count). The van der Waals surface area contributed by atoms with Crippen LogP contribution in [0.4, 0.5) is 0 Å². The Morgan fingerprint density at radius 3 is 1.89 bits per heavy atom. The Kier molecular flexibility index (Phi) is 11.4. The quantitative estimate of drug-likeness (QED) is 0.267. The van der Waals surface area contributed by atoms with Crippen LogP contribution in [-0.2, 0) is 66.7 Å². The Labute approximate surface area is 212 Å². The molecule has 0 aromatic carbocycles. The van der Waals surface area contributed by atoms with E-state index in [1.54, 1.807) is 0 Å². The number of esters is 6. The second-order valence-electron chi connectivity index (χ2n) is 8.02. The molecule has 1 N–H and O–H groups in total. The van der Waals surface area contributed by atoms with Gasteiger partial charge in [0.15, 0.2) is 12.2 Å². The topological polar surface area (TPSA) is 196 Å². The van der Waals surface area contributed by atoms with Crippen molar-refractivity contribution in [3.8, 4) is 0 Å². The number of ether oxygens (including phenoxy) is 7. The fourth-order valence-corrected chi connectivity index (χ4v) is 3.74. The third-order valence-electron chi connectivity index (χ3n) is 4.80. The molecule has 208 valence electrons. The number of methoxy groups -OCH3 is 1. The molecule has 6 atom stereocenters. The minimum atomic E-state index is -2.54. The molecule has 15 nitrogen and oxygen atoms in total. The number of hydrogen-bond acceptors (Lipinski definition) is 14. The molecule has 1 fully saturated rings. The Bertz CT molecular complexity index is 917. The summed E-state index contributed by atoms with van der Waals surface area (Å²) < 4.78 is 36.6. The lowest BCUT2D eigenvalue weighted by atomic mass is 9.88. The first-order valence-corrected chi connectivity index (χ1v) is 11.0. The number of carbonyl (C=O) groups is 7. The summed E-state index contributed by atoms with van der Waals surface area (Å²) in [5.74, 6) is -8.84. The molecule has 0 bridgehead atoms. The van der Waals surface area contributed by atoms with E-state index in [4.69, 9.17) is 33.2 Å². The van der Waals surface area contributed by atoms with Gasteiger partial charge in [0.2, 0.25) is 5.91 Å². The van der Waals surface area contributed by atoms with Crippen molar-refractivity contribution in [2.24, 2.45) is 0 Å². The van der Waals surface area contributed by atoms with Crippen molar-refractivity contribution in [3.05, 3.63) is 0 Å². The minimum Gasteiger partial charge on any atom is -0.464 e. The van der Waals surface area contributed by atoms with Crippen LogP contribution in [0.3, 0.4) is 0 Å². The molecule has 1 heterocycles. The predicted octanol–water partition coefficient (Wildman–Crippen LogP) is -0.929. The van der Waals surface area contributed by atoms with Crippen LogP contribution in [0, 0.1) is 0 Å². The molecular weight excluding hydrogens is 502 g/mol. The average Bonchev–Trinajstić information content (AvgIpc) is 2.74. The van der Waals surface area contributed by atoms with Crippen LogP contribution in [0.2, 0.25) is 0 Å². The van der Waals surface area contributed by atoms with Crippen molar-refractivity contribution in [1.82, 2.24) is 5.32 Å². The second kappa shape index (κ2) is 13.5. The summed E-state index contributed by atoms with van der Waals surface area (Å²) in [6, 6.07) is -1.35. The van der Waals surface area contributed by atoms with Crippen LogP contribution in [0.25, 0.3) is 0 Å². The molecule has 0 saturated carbocycles. The van der Waals surface area contributed by atoms with Gasteiger partial charge in [-0.2, -0.15) is 0 Å². The molecular formula is C22H31NO14. The maximum absolute atomic E-state index is 12.8. The van der Waals surface area contributed by atoms with E-state index >= 15 is 0 Å². The summed E-state index contributed by atoms with van der Waals surface area (Å²) >= 11 is 0. The molecule has 0 aromatic heterocycles. The molecule has 1 amide bonds. The van der Waals surface area contributed by atoms with Gasteiger partial charge in [-0.3, -0.25) is 28.8 Å². The summed E-state index contributed by atoms with van der Waals surface area (Å²) in [6.45, 7) is 5.60. The van der Waals surface area contributed by atoms with Crippen molar-refractivity contribution in [2.45, 2.75) is 84.2 Å². The number of rotatable bonds is 10. The maximum Gasteiger partial charge on any atom is 0.379 e. The Hall–Kier alpha value is -3.75. The van der Waals surface area contributed by atoms with Crippen molar-refractivity contribution >= 4 is 41.7 Å². The zero-order chi connectivity index (χ0) is 28.5. The van der Waals surface area contributed by atoms with E-state index in [1.807, 2.05) is 0 Å². The Morgan fingerprint density at radius 2 is 1.46 bits per heavy atom. The SMILES string of the molecule is COC(=O)C1(OC(C)=O)C[C@H](OC(C)=O)[C@H](NC(C)=O)[C@H]([C@H](OC(C)=O)[C@@H](COC(C)=O)OC(C)=O)O1. The molecule has 37 heavy (non-hydrogen) atoms. The van der Waals surface area contributed by atoms with Gasteiger partial charge in [-0.25, -0.2) is 4.79 Å². The second-order valence-corrected chi connectivity index (χ2v) is 8.02.